The summed E-state index contributed by atoms with van der Waals surface area (Å²) in [7, 11) is 0. The molecular weight excluding hydrogens is 315 g/mol. The number of hydrogen-bond acceptors (Lipinski definition) is 2. The summed E-state index contributed by atoms with van der Waals surface area (Å²) in [5, 5.41) is 0.155. The zero-order valence-corrected chi connectivity index (χ0v) is 13.9. The smallest absolute Gasteiger partial charge is 0.239 e. The zero-order valence-electron chi connectivity index (χ0n) is 13.2. The summed E-state index contributed by atoms with van der Waals surface area (Å²) < 4.78 is 13.3. The lowest BCUT2D eigenvalue weighted by molar-refractivity contribution is -0.146. The number of amides is 1. The maximum atomic E-state index is 13.3. The molecule has 1 aliphatic carbocycles. The van der Waals surface area contributed by atoms with E-state index in [1.807, 2.05) is 0 Å². The molecule has 0 unspecified atom stereocenters. The SMILES string of the molecule is O=C1[C@H]2C[C@H](CCN2Cc2ccc(F)c(Cl)c2)CN1CC1CC1. The molecule has 1 aromatic rings. The lowest BCUT2D eigenvalue weighted by Crippen LogP contribution is -2.58. The van der Waals surface area contributed by atoms with Gasteiger partial charge in [0.2, 0.25) is 5.91 Å². The number of halogens is 2. The summed E-state index contributed by atoms with van der Waals surface area (Å²) in [5.74, 6) is 1.28. The number of rotatable bonds is 4. The van der Waals surface area contributed by atoms with Crippen molar-refractivity contribution < 1.29 is 9.18 Å². The minimum absolute atomic E-state index is 0.00919. The van der Waals surface area contributed by atoms with Gasteiger partial charge in [-0.1, -0.05) is 17.7 Å². The van der Waals surface area contributed by atoms with Gasteiger partial charge in [-0.15, -0.1) is 0 Å². The molecule has 2 atom stereocenters. The molecule has 2 saturated heterocycles. The maximum Gasteiger partial charge on any atom is 0.239 e. The second-order valence-electron chi connectivity index (χ2n) is 7.31. The highest BCUT2D eigenvalue weighted by Crippen LogP contribution is 2.35. The first-order valence-electron chi connectivity index (χ1n) is 8.57. The van der Waals surface area contributed by atoms with E-state index in [0.717, 1.165) is 44.0 Å². The van der Waals surface area contributed by atoms with Gasteiger partial charge in [0, 0.05) is 19.6 Å². The van der Waals surface area contributed by atoms with Crippen LogP contribution in [0.2, 0.25) is 5.02 Å². The molecule has 23 heavy (non-hydrogen) atoms. The minimum atomic E-state index is -0.390. The average Bonchev–Trinajstić information content (AvgIpc) is 3.34. The molecule has 1 amide bonds. The van der Waals surface area contributed by atoms with Crippen molar-refractivity contribution in [2.24, 2.45) is 11.8 Å². The molecule has 2 bridgehead atoms. The molecule has 0 radical (unpaired) electrons. The fourth-order valence-electron chi connectivity index (χ4n) is 3.96. The molecule has 0 spiro atoms. The number of nitrogens with zero attached hydrogens (tertiary/aromatic N) is 2. The van der Waals surface area contributed by atoms with Crippen LogP contribution in [0.3, 0.4) is 0 Å². The van der Waals surface area contributed by atoms with Crippen LogP contribution in [0.1, 0.15) is 31.2 Å². The van der Waals surface area contributed by atoms with Gasteiger partial charge < -0.3 is 4.90 Å². The van der Waals surface area contributed by atoms with Crippen LogP contribution in [0.25, 0.3) is 0 Å². The van der Waals surface area contributed by atoms with E-state index >= 15 is 0 Å². The molecule has 0 aromatic heterocycles. The highest BCUT2D eigenvalue weighted by atomic mass is 35.5. The van der Waals surface area contributed by atoms with Crippen molar-refractivity contribution in [2.75, 3.05) is 19.6 Å². The number of benzene rings is 1. The Hall–Kier alpha value is -1.13. The third-order valence-corrected chi connectivity index (χ3v) is 5.73. The molecule has 3 fully saturated rings. The third-order valence-electron chi connectivity index (χ3n) is 5.44. The Morgan fingerprint density at radius 3 is 2.83 bits per heavy atom. The number of carbonyl (C=O) groups excluding carboxylic acids is 1. The largest absolute Gasteiger partial charge is 0.341 e. The molecular formula is C18H22ClFN2O. The summed E-state index contributed by atoms with van der Waals surface area (Å²) in [5.41, 5.74) is 0.974. The van der Waals surface area contributed by atoms with Crippen LogP contribution in [0.5, 0.6) is 0 Å². The van der Waals surface area contributed by atoms with Gasteiger partial charge in [-0.05, 0) is 61.8 Å². The molecule has 5 heteroatoms. The topological polar surface area (TPSA) is 23.6 Å². The summed E-state index contributed by atoms with van der Waals surface area (Å²) in [6.07, 6.45) is 4.66. The van der Waals surface area contributed by atoms with E-state index in [9.17, 15) is 9.18 Å². The van der Waals surface area contributed by atoms with E-state index in [1.165, 1.54) is 18.9 Å². The van der Waals surface area contributed by atoms with Crippen LogP contribution in [0.15, 0.2) is 18.2 Å². The Kier molecular flexibility index (Phi) is 4.06. The summed E-state index contributed by atoms with van der Waals surface area (Å²) in [6, 6.07) is 4.85. The van der Waals surface area contributed by atoms with Crippen LogP contribution < -0.4 is 0 Å². The Bertz CT molecular complexity index is 619. The van der Waals surface area contributed by atoms with E-state index in [1.54, 1.807) is 12.1 Å². The van der Waals surface area contributed by atoms with E-state index < -0.39 is 5.82 Å². The Morgan fingerprint density at radius 2 is 2.09 bits per heavy atom. The number of likely N-dealkylation sites (tertiary alicyclic amines) is 2. The fraction of sp³-hybridized carbons (Fsp3) is 0.611. The fourth-order valence-corrected chi connectivity index (χ4v) is 4.16. The third kappa shape index (κ3) is 3.24. The van der Waals surface area contributed by atoms with E-state index in [-0.39, 0.29) is 11.1 Å². The van der Waals surface area contributed by atoms with E-state index in [2.05, 4.69) is 9.80 Å². The standard InChI is InChI=1S/C18H22ClFN2O/c19-15-7-13(3-4-16(15)20)10-21-6-5-14-8-17(21)18(23)22(11-14)9-12-1-2-12/h3-4,7,12,14,17H,1-2,5-6,8-11H2/t14-,17+/m0/s1. The number of hydrogen-bond donors (Lipinski definition) is 0. The maximum absolute atomic E-state index is 13.3. The summed E-state index contributed by atoms with van der Waals surface area (Å²) in [6.45, 7) is 3.50. The molecule has 1 aromatic carbocycles. The Balaban J connectivity index is 1.48. The zero-order chi connectivity index (χ0) is 16.0. The summed E-state index contributed by atoms with van der Waals surface area (Å²) >= 11 is 5.88. The Morgan fingerprint density at radius 1 is 1.26 bits per heavy atom. The normalized spacial score (nSPS) is 28.3. The van der Waals surface area contributed by atoms with Crippen LogP contribution in [0.4, 0.5) is 4.39 Å². The lowest BCUT2D eigenvalue weighted by Gasteiger charge is -2.46. The highest BCUT2D eigenvalue weighted by molar-refractivity contribution is 6.30. The van der Waals surface area contributed by atoms with Crippen LogP contribution >= 0.6 is 11.6 Å². The molecule has 1 saturated carbocycles. The van der Waals surface area contributed by atoms with Crippen molar-refractivity contribution >= 4 is 17.5 Å². The predicted octanol–water partition coefficient (Wildman–Crippen LogP) is 3.31. The van der Waals surface area contributed by atoms with Gasteiger partial charge in [0.1, 0.15) is 5.82 Å². The van der Waals surface area contributed by atoms with E-state index in [0.29, 0.717) is 18.4 Å². The first kappa shape index (κ1) is 15.4. The van der Waals surface area contributed by atoms with Gasteiger partial charge in [0.15, 0.2) is 0 Å². The van der Waals surface area contributed by atoms with Crippen molar-refractivity contribution in [3.8, 4) is 0 Å². The van der Waals surface area contributed by atoms with Crippen molar-refractivity contribution in [1.82, 2.24) is 9.80 Å². The van der Waals surface area contributed by atoms with Gasteiger partial charge in [0.25, 0.3) is 0 Å². The molecule has 3 nitrogen and oxygen atoms in total. The van der Waals surface area contributed by atoms with Crippen LogP contribution in [-0.2, 0) is 11.3 Å². The first-order chi connectivity index (χ1) is 11.1. The van der Waals surface area contributed by atoms with Crippen molar-refractivity contribution in [3.63, 3.8) is 0 Å². The lowest BCUT2D eigenvalue weighted by atomic mass is 9.85. The van der Waals surface area contributed by atoms with Crippen molar-refractivity contribution in [1.29, 1.82) is 0 Å². The van der Waals surface area contributed by atoms with Crippen molar-refractivity contribution in [2.45, 2.75) is 38.3 Å². The van der Waals surface area contributed by atoms with Crippen LogP contribution in [0, 0.1) is 17.7 Å². The second kappa shape index (κ2) is 6.06. The highest BCUT2D eigenvalue weighted by Gasteiger charge is 2.42. The number of piperidine rings is 2. The van der Waals surface area contributed by atoms with Gasteiger partial charge in [-0.2, -0.15) is 0 Å². The molecule has 0 N–H and O–H groups in total. The quantitative estimate of drug-likeness (QED) is 0.842. The average molecular weight is 337 g/mol. The van der Waals surface area contributed by atoms with Gasteiger partial charge in [0.05, 0.1) is 11.1 Å². The van der Waals surface area contributed by atoms with Crippen LogP contribution in [-0.4, -0.2) is 41.4 Å². The predicted molar refractivity (Wildman–Crippen MR) is 87.6 cm³/mol. The van der Waals surface area contributed by atoms with Gasteiger partial charge in [-0.25, -0.2) is 4.39 Å². The summed E-state index contributed by atoms with van der Waals surface area (Å²) in [4.78, 5) is 17.2. The van der Waals surface area contributed by atoms with Crippen molar-refractivity contribution in [3.05, 3.63) is 34.6 Å². The molecule has 3 aliphatic rings. The molecule has 2 heterocycles. The minimum Gasteiger partial charge on any atom is -0.341 e. The molecule has 4 rings (SSSR count). The molecule has 124 valence electrons. The Labute approximate surface area is 141 Å². The van der Waals surface area contributed by atoms with Gasteiger partial charge in [-0.3, -0.25) is 9.69 Å². The van der Waals surface area contributed by atoms with Gasteiger partial charge >= 0.3 is 0 Å². The second-order valence-corrected chi connectivity index (χ2v) is 7.72. The first-order valence-corrected chi connectivity index (χ1v) is 8.94. The van der Waals surface area contributed by atoms with E-state index in [4.69, 9.17) is 11.6 Å². The number of fused-ring (bicyclic) bond motifs is 2. The monoisotopic (exact) mass is 336 g/mol. The molecule has 2 aliphatic heterocycles. The number of carbonyl (C=O) groups is 1.